The molecule has 0 saturated heterocycles. The Balaban J connectivity index is 4.44. The Bertz CT molecular complexity index is 1370. The van der Waals surface area contributed by atoms with E-state index >= 15 is 0 Å². The van der Waals surface area contributed by atoms with Gasteiger partial charge >= 0.3 is 19.8 Å². The molecule has 0 aromatic carbocycles. The Labute approximate surface area is 379 Å². The van der Waals surface area contributed by atoms with Crippen LogP contribution in [-0.4, -0.2) is 74.9 Å². The van der Waals surface area contributed by atoms with Crippen LogP contribution >= 0.6 is 7.82 Å². The normalized spacial score (nSPS) is 14.4. The van der Waals surface area contributed by atoms with Gasteiger partial charge < -0.3 is 18.9 Å². The van der Waals surface area contributed by atoms with Crippen LogP contribution in [0.4, 0.5) is 0 Å². The number of quaternary nitrogens is 1. The van der Waals surface area contributed by atoms with Crippen LogP contribution in [0, 0.1) is 0 Å². The fourth-order valence-electron chi connectivity index (χ4n) is 5.89. The molecular formula is C52H89NO8P+. The molecule has 0 spiro atoms. The van der Waals surface area contributed by atoms with Gasteiger partial charge in [-0.1, -0.05) is 169 Å². The van der Waals surface area contributed by atoms with Crippen LogP contribution in [0.2, 0.25) is 0 Å². The molecule has 0 aliphatic carbocycles. The van der Waals surface area contributed by atoms with Crippen molar-refractivity contribution in [1.29, 1.82) is 0 Å². The van der Waals surface area contributed by atoms with Crippen molar-refractivity contribution >= 4 is 19.8 Å². The van der Waals surface area contributed by atoms with E-state index in [1.807, 2.05) is 33.3 Å². The van der Waals surface area contributed by atoms with Crippen LogP contribution in [0.25, 0.3) is 0 Å². The van der Waals surface area contributed by atoms with Gasteiger partial charge in [0.25, 0.3) is 0 Å². The van der Waals surface area contributed by atoms with E-state index in [1.54, 1.807) is 0 Å². The molecule has 0 aliphatic heterocycles. The van der Waals surface area contributed by atoms with Crippen molar-refractivity contribution in [2.24, 2.45) is 0 Å². The first kappa shape index (κ1) is 58.9. The van der Waals surface area contributed by atoms with Gasteiger partial charge in [-0.25, -0.2) is 4.57 Å². The highest BCUT2D eigenvalue weighted by atomic mass is 31.2. The van der Waals surface area contributed by atoms with Gasteiger partial charge in [0.2, 0.25) is 0 Å². The molecule has 0 saturated carbocycles. The molecule has 0 aromatic rings. The number of esters is 2. The second-order valence-electron chi connectivity index (χ2n) is 16.8. The number of carbonyl (C=O) groups excluding carboxylic acids is 2. The van der Waals surface area contributed by atoms with Crippen LogP contribution in [0.1, 0.15) is 168 Å². The number of carbonyl (C=O) groups is 2. The minimum atomic E-state index is -4.41. The molecule has 10 heteroatoms. The van der Waals surface area contributed by atoms with Crippen LogP contribution in [0.15, 0.2) is 97.2 Å². The predicted octanol–water partition coefficient (Wildman–Crippen LogP) is 14.1. The topological polar surface area (TPSA) is 108 Å². The minimum absolute atomic E-state index is 0.0122. The summed E-state index contributed by atoms with van der Waals surface area (Å²) in [6, 6.07) is 0. The fraction of sp³-hybridized carbons (Fsp3) is 0.654. The monoisotopic (exact) mass is 887 g/mol. The number of unbranched alkanes of at least 4 members (excludes halogenated alkanes) is 12. The van der Waals surface area contributed by atoms with E-state index in [-0.39, 0.29) is 26.1 Å². The number of rotatable bonds is 42. The summed E-state index contributed by atoms with van der Waals surface area (Å²) in [6.07, 6.45) is 57.6. The van der Waals surface area contributed by atoms with E-state index in [0.29, 0.717) is 17.4 Å². The average Bonchev–Trinajstić information content (AvgIpc) is 3.23. The van der Waals surface area contributed by atoms with Crippen molar-refractivity contribution in [1.82, 2.24) is 0 Å². The molecule has 0 rings (SSSR count). The van der Waals surface area contributed by atoms with Crippen molar-refractivity contribution < 1.29 is 42.1 Å². The lowest BCUT2D eigenvalue weighted by Gasteiger charge is -2.24. The van der Waals surface area contributed by atoms with Crippen molar-refractivity contribution in [3.63, 3.8) is 0 Å². The molecule has 9 nitrogen and oxygen atoms in total. The third kappa shape index (κ3) is 46.4. The van der Waals surface area contributed by atoms with E-state index in [1.165, 1.54) is 57.8 Å². The van der Waals surface area contributed by atoms with Crippen LogP contribution in [0.3, 0.4) is 0 Å². The number of hydrogen-bond donors (Lipinski definition) is 1. The molecule has 1 N–H and O–H groups in total. The standard InChI is InChI=1S/C52H88NO8P/c1-6-8-10-12-14-16-18-20-22-24-26-28-30-32-34-36-38-40-42-44-51(54)58-48-50(49-60-62(56,57)59-47-46-53(3,4)5)61-52(55)45-43-41-39-37-35-33-31-29-27-25-23-21-19-17-15-13-11-9-7-2/h9,11,14-17,20-23,27,29,33,35,39,41,50H,6-8,10,12-13,18-19,24-26,28,30-32,34,36-38,40,42-49H2,1-5H3/p+1/b11-9-,16-14-,17-15-,22-20-,23-21-,29-27-,35-33-,41-39-. The van der Waals surface area contributed by atoms with E-state index in [9.17, 15) is 19.0 Å². The zero-order valence-corrected chi connectivity index (χ0v) is 40.7. The molecule has 2 atom stereocenters. The SMILES string of the molecule is CC/C=C\C/C=C\C/C=C\C/C=C\C/C=C\C/C=C\CCC(=O)OC(COC(=O)CCCCCCCCCCC/C=C\C/C=C\CCCCC)COP(=O)(O)OCC[N+](C)(C)C. The molecule has 354 valence electrons. The van der Waals surface area contributed by atoms with Gasteiger partial charge in [-0.05, 0) is 83.5 Å². The summed E-state index contributed by atoms with van der Waals surface area (Å²) < 4.78 is 34.3. The van der Waals surface area contributed by atoms with Crippen LogP contribution in [-0.2, 0) is 32.7 Å². The molecule has 2 unspecified atom stereocenters. The summed E-state index contributed by atoms with van der Waals surface area (Å²) in [5.74, 6) is -0.909. The van der Waals surface area contributed by atoms with Crippen molar-refractivity contribution in [2.75, 3.05) is 47.5 Å². The van der Waals surface area contributed by atoms with Gasteiger partial charge in [-0.15, -0.1) is 0 Å². The minimum Gasteiger partial charge on any atom is -0.462 e. The molecular weight excluding hydrogens is 798 g/mol. The highest BCUT2D eigenvalue weighted by Gasteiger charge is 2.27. The van der Waals surface area contributed by atoms with Gasteiger partial charge in [0.15, 0.2) is 6.10 Å². The first-order valence-electron chi connectivity index (χ1n) is 24.0. The quantitative estimate of drug-likeness (QED) is 0.0212. The zero-order valence-electron chi connectivity index (χ0n) is 39.8. The van der Waals surface area contributed by atoms with E-state index in [0.717, 1.165) is 77.0 Å². The number of ether oxygens (including phenoxy) is 2. The van der Waals surface area contributed by atoms with Crippen molar-refractivity contribution in [3.8, 4) is 0 Å². The predicted molar refractivity (Wildman–Crippen MR) is 261 cm³/mol. The number of likely N-dealkylation sites (N-methyl/N-ethyl adjacent to an activating group) is 1. The molecule has 0 aliphatic rings. The Kier molecular flexibility index (Phi) is 41.1. The first-order chi connectivity index (χ1) is 30.0. The molecule has 0 bridgehead atoms. The average molecular weight is 887 g/mol. The smallest absolute Gasteiger partial charge is 0.462 e. The highest BCUT2D eigenvalue weighted by molar-refractivity contribution is 7.47. The number of allylic oxidation sites excluding steroid dienone is 16. The van der Waals surface area contributed by atoms with E-state index in [4.69, 9.17) is 18.5 Å². The zero-order chi connectivity index (χ0) is 45.7. The van der Waals surface area contributed by atoms with E-state index in [2.05, 4.69) is 98.9 Å². The Morgan fingerprint density at radius 1 is 0.516 bits per heavy atom. The van der Waals surface area contributed by atoms with Gasteiger partial charge in [-0.2, -0.15) is 0 Å². The molecule has 0 radical (unpaired) electrons. The molecule has 0 heterocycles. The summed E-state index contributed by atoms with van der Waals surface area (Å²) in [4.78, 5) is 35.4. The van der Waals surface area contributed by atoms with Crippen LogP contribution < -0.4 is 0 Å². The van der Waals surface area contributed by atoms with E-state index < -0.39 is 32.5 Å². The number of nitrogens with zero attached hydrogens (tertiary/aromatic N) is 1. The second-order valence-corrected chi connectivity index (χ2v) is 18.2. The third-order valence-electron chi connectivity index (χ3n) is 9.61. The lowest BCUT2D eigenvalue weighted by atomic mass is 10.1. The Morgan fingerprint density at radius 3 is 1.44 bits per heavy atom. The molecule has 0 aromatic heterocycles. The highest BCUT2D eigenvalue weighted by Crippen LogP contribution is 2.43. The third-order valence-corrected chi connectivity index (χ3v) is 10.6. The maximum atomic E-state index is 12.7. The van der Waals surface area contributed by atoms with Crippen molar-refractivity contribution in [3.05, 3.63) is 97.2 Å². The fourth-order valence-corrected chi connectivity index (χ4v) is 6.63. The maximum absolute atomic E-state index is 12.7. The van der Waals surface area contributed by atoms with Gasteiger partial charge in [0.05, 0.1) is 27.7 Å². The van der Waals surface area contributed by atoms with Crippen molar-refractivity contribution in [2.45, 2.75) is 174 Å². The summed E-state index contributed by atoms with van der Waals surface area (Å²) >= 11 is 0. The summed E-state index contributed by atoms with van der Waals surface area (Å²) in [7, 11) is 1.41. The number of hydrogen-bond acceptors (Lipinski definition) is 7. The van der Waals surface area contributed by atoms with Gasteiger partial charge in [-0.3, -0.25) is 18.6 Å². The van der Waals surface area contributed by atoms with Gasteiger partial charge in [0, 0.05) is 12.8 Å². The lowest BCUT2D eigenvalue weighted by Crippen LogP contribution is -2.37. The molecule has 62 heavy (non-hydrogen) atoms. The Hall–Kier alpha value is -3.07. The number of phosphoric acid groups is 1. The maximum Gasteiger partial charge on any atom is 0.472 e. The summed E-state index contributed by atoms with van der Waals surface area (Å²) in [5, 5.41) is 0. The largest absolute Gasteiger partial charge is 0.472 e. The second kappa shape index (κ2) is 43.2. The molecule has 0 fully saturated rings. The van der Waals surface area contributed by atoms with Crippen LogP contribution in [0.5, 0.6) is 0 Å². The number of phosphoric ester groups is 1. The molecule has 0 amide bonds. The Morgan fingerprint density at radius 2 is 0.952 bits per heavy atom. The lowest BCUT2D eigenvalue weighted by molar-refractivity contribution is -0.870. The first-order valence-corrected chi connectivity index (χ1v) is 25.5. The summed E-state index contributed by atoms with van der Waals surface area (Å²) in [5.41, 5.74) is 0. The van der Waals surface area contributed by atoms with Gasteiger partial charge in [0.1, 0.15) is 19.8 Å². The summed E-state index contributed by atoms with van der Waals surface area (Å²) in [6.45, 7) is 4.18.